The molecule has 0 spiro atoms. The maximum Gasteiger partial charge on any atom is 0.335 e. The number of methoxy groups -OCH3 is 1. The van der Waals surface area contributed by atoms with Gasteiger partial charge in [0.25, 0.3) is 11.8 Å². The molecule has 1 aromatic heterocycles. The summed E-state index contributed by atoms with van der Waals surface area (Å²) in [5, 5.41) is 6.15. The highest BCUT2D eigenvalue weighted by Gasteiger charge is 2.37. The third-order valence-corrected chi connectivity index (χ3v) is 5.50. The Morgan fingerprint density at radius 1 is 1.12 bits per heavy atom. The van der Waals surface area contributed by atoms with Crippen molar-refractivity contribution in [3.63, 3.8) is 0 Å². The average Bonchev–Trinajstić information content (AvgIpc) is 3.15. The first-order valence-corrected chi connectivity index (χ1v) is 10.8. The molecule has 0 saturated carbocycles. The number of hydrogen-bond acceptors (Lipinski definition) is 5. The van der Waals surface area contributed by atoms with Crippen molar-refractivity contribution < 1.29 is 23.9 Å². The number of hydrogen-bond donors (Lipinski definition) is 2. The van der Waals surface area contributed by atoms with E-state index in [0.717, 1.165) is 15.8 Å². The second kappa shape index (κ2) is 9.90. The number of amides is 5. The van der Waals surface area contributed by atoms with Crippen molar-refractivity contribution in [2.24, 2.45) is 0 Å². The fourth-order valence-electron chi connectivity index (χ4n) is 3.66. The monoisotopic (exact) mass is 480 g/mol. The first-order valence-electron chi connectivity index (χ1n) is 10.4. The number of benzene rings is 2. The van der Waals surface area contributed by atoms with Crippen molar-refractivity contribution in [3.8, 4) is 0 Å². The van der Waals surface area contributed by atoms with Gasteiger partial charge in [0.2, 0.25) is 5.91 Å². The highest BCUT2D eigenvalue weighted by atomic mass is 35.5. The fraction of sp³-hybridized carbons (Fsp3) is 0.167. The van der Waals surface area contributed by atoms with Crippen LogP contribution in [0.4, 0.5) is 10.5 Å². The van der Waals surface area contributed by atoms with Crippen LogP contribution in [-0.4, -0.2) is 48.6 Å². The first-order chi connectivity index (χ1) is 16.4. The molecule has 1 aliphatic heterocycles. The minimum absolute atomic E-state index is 0.0446. The van der Waals surface area contributed by atoms with Crippen LogP contribution in [0.1, 0.15) is 5.56 Å². The van der Waals surface area contributed by atoms with Crippen LogP contribution >= 0.6 is 11.6 Å². The van der Waals surface area contributed by atoms with Gasteiger partial charge in [0, 0.05) is 41.3 Å². The van der Waals surface area contributed by atoms with E-state index in [1.807, 2.05) is 24.3 Å². The number of nitrogens with zero attached hydrogens (tertiary/aromatic N) is 2. The zero-order chi connectivity index (χ0) is 24.2. The number of carbonyl (C=O) groups excluding carboxylic acids is 4. The maximum absolute atomic E-state index is 13.2. The number of halogens is 1. The molecule has 9 nitrogen and oxygen atoms in total. The number of fused-ring (bicyclic) bond motifs is 1. The lowest BCUT2D eigenvalue weighted by Crippen LogP contribution is -2.54. The van der Waals surface area contributed by atoms with E-state index in [1.54, 1.807) is 30.0 Å². The number of nitrogens with one attached hydrogen (secondary N) is 2. The molecule has 2 heterocycles. The summed E-state index contributed by atoms with van der Waals surface area (Å²) >= 11 is 5.91. The summed E-state index contributed by atoms with van der Waals surface area (Å²) in [6.45, 7) is 0.827. The van der Waals surface area contributed by atoms with Crippen LogP contribution in [0, 0.1) is 0 Å². The number of anilines is 1. The molecule has 0 atom stereocenters. The molecular formula is C24H21ClN4O5. The van der Waals surface area contributed by atoms with Crippen molar-refractivity contribution in [1.82, 2.24) is 15.2 Å². The normalized spacial score (nSPS) is 15.2. The molecule has 2 N–H and O–H groups in total. The summed E-state index contributed by atoms with van der Waals surface area (Å²) in [6.07, 6.45) is 3.12. The number of rotatable bonds is 7. The van der Waals surface area contributed by atoms with E-state index in [2.05, 4.69) is 10.6 Å². The Morgan fingerprint density at radius 2 is 1.85 bits per heavy atom. The Labute approximate surface area is 199 Å². The van der Waals surface area contributed by atoms with Gasteiger partial charge in [-0.05, 0) is 36.4 Å². The van der Waals surface area contributed by atoms with Gasteiger partial charge in [-0.15, -0.1) is 0 Å². The lowest BCUT2D eigenvalue weighted by molar-refractivity contribution is -0.123. The Bertz CT molecular complexity index is 1310. The van der Waals surface area contributed by atoms with Crippen LogP contribution in [0.25, 0.3) is 17.0 Å². The summed E-state index contributed by atoms with van der Waals surface area (Å²) in [5.41, 5.74) is 1.39. The van der Waals surface area contributed by atoms with Crippen LogP contribution in [0.3, 0.4) is 0 Å². The summed E-state index contributed by atoms with van der Waals surface area (Å²) in [6, 6.07) is 12.6. The van der Waals surface area contributed by atoms with Gasteiger partial charge in [-0.2, -0.15) is 0 Å². The fourth-order valence-corrected chi connectivity index (χ4v) is 3.79. The van der Waals surface area contributed by atoms with Gasteiger partial charge >= 0.3 is 6.03 Å². The van der Waals surface area contributed by atoms with Crippen molar-refractivity contribution in [1.29, 1.82) is 0 Å². The number of urea groups is 1. The van der Waals surface area contributed by atoms with Gasteiger partial charge in [-0.3, -0.25) is 19.7 Å². The van der Waals surface area contributed by atoms with E-state index in [-0.39, 0.29) is 23.7 Å². The molecule has 0 radical (unpaired) electrons. The number of ether oxygens (including phenoxy) is 1. The molecule has 34 heavy (non-hydrogen) atoms. The molecule has 3 aromatic rings. The zero-order valence-electron chi connectivity index (χ0n) is 18.2. The Hall–Kier alpha value is -3.95. The van der Waals surface area contributed by atoms with Crippen molar-refractivity contribution in [2.45, 2.75) is 6.54 Å². The summed E-state index contributed by atoms with van der Waals surface area (Å²) < 4.78 is 6.68. The molecule has 0 aliphatic carbocycles. The Morgan fingerprint density at radius 3 is 2.59 bits per heavy atom. The smallest absolute Gasteiger partial charge is 0.335 e. The molecule has 0 unspecified atom stereocenters. The number of aromatic nitrogens is 1. The number of para-hydroxylation sites is 1. The molecule has 4 rings (SSSR count). The quantitative estimate of drug-likeness (QED) is 0.307. The predicted octanol–water partition coefficient (Wildman–Crippen LogP) is 2.72. The second-order valence-corrected chi connectivity index (χ2v) is 7.94. The zero-order valence-corrected chi connectivity index (χ0v) is 19.0. The van der Waals surface area contributed by atoms with Crippen LogP contribution in [0.5, 0.6) is 0 Å². The van der Waals surface area contributed by atoms with Crippen molar-refractivity contribution in [3.05, 3.63) is 70.9 Å². The second-order valence-electron chi connectivity index (χ2n) is 7.51. The van der Waals surface area contributed by atoms with Gasteiger partial charge in [0.1, 0.15) is 12.1 Å². The molecule has 174 valence electrons. The van der Waals surface area contributed by atoms with Crippen molar-refractivity contribution >= 4 is 58.0 Å². The topological polar surface area (TPSA) is 110 Å². The van der Waals surface area contributed by atoms with E-state index in [4.69, 9.17) is 16.3 Å². The molecule has 1 fully saturated rings. The van der Waals surface area contributed by atoms with Gasteiger partial charge in [0.05, 0.1) is 12.3 Å². The highest BCUT2D eigenvalue weighted by molar-refractivity contribution is 6.39. The minimum atomic E-state index is -0.843. The first kappa shape index (κ1) is 23.2. The summed E-state index contributed by atoms with van der Waals surface area (Å²) in [4.78, 5) is 51.3. The average molecular weight is 481 g/mol. The van der Waals surface area contributed by atoms with Crippen molar-refractivity contribution in [2.75, 3.05) is 25.2 Å². The Kier molecular flexibility index (Phi) is 6.76. The lowest BCUT2D eigenvalue weighted by Gasteiger charge is -2.26. The number of carbonyl (C=O) groups is 4. The molecular weight excluding hydrogens is 460 g/mol. The van der Waals surface area contributed by atoms with Gasteiger partial charge < -0.3 is 14.6 Å². The van der Waals surface area contributed by atoms with E-state index in [9.17, 15) is 19.2 Å². The SMILES string of the molecule is COCCNC(=O)Cn1cc(/C=C2\C(=O)NC(=O)N(c3ccc(Cl)cc3)C2=O)c2ccccc21. The number of barbiturate groups is 1. The maximum atomic E-state index is 13.2. The van der Waals surface area contributed by atoms with E-state index in [1.165, 1.54) is 18.2 Å². The molecule has 2 aromatic carbocycles. The predicted molar refractivity (Wildman–Crippen MR) is 127 cm³/mol. The minimum Gasteiger partial charge on any atom is -0.383 e. The standard InChI is InChI=1S/C24H21ClN4O5/c1-34-11-10-26-21(30)14-28-13-15(18-4-2-3-5-20(18)28)12-19-22(31)27-24(33)29(23(19)32)17-8-6-16(25)7-9-17/h2-9,12-13H,10-11,14H2,1H3,(H,26,30)(H,27,31,33)/b19-12+. The van der Waals surface area contributed by atoms with Crippen LogP contribution in [-0.2, 0) is 25.7 Å². The largest absolute Gasteiger partial charge is 0.383 e. The molecule has 1 saturated heterocycles. The number of imide groups is 2. The van der Waals surface area contributed by atoms with Gasteiger partial charge in [-0.1, -0.05) is 29.8 Å². The van der Waals surface area contributed by atoms with E-state index in [0.29, 0.717) is 23.7 Å². The summed E-state index contributed by atoms with van der Waals surface area (Å²) in [7, 11) is 1.55. The lowest BCUT2D eigenvalue weighted by atomic mass is 10.1. The summed E-state index contributed by atoms with van der Waals surface area (Å²) in [5.74, 6) is -1.76. The van der Waals surface area contributed by atoms with E-state index < -0.39 is 17.8 Å². The van der Waals surface area contributed by atoms with Crippen LogP contribution in [0.2, 0.25) is 5.02 Å². The molecule has 10 heteroatoms. The third kappa shape index (κ3) is 4.70. The third-order valence-electron chi connectivity index (χ3n) is 5.25. The van der Waals surface area contributed by atoms with E-state index >= 15 is 0 Å². The highest BCUT2D eigenvalue weighted by Crippen LogP contribution is 2.27. The van der Waals surface area contributed by atoms with Gasteiger partial charge in [0.15, 0.2) is 0 Å². The molecule has 0 bridgehead atoms. The Balaban J connectivity index is 1.69. The molecule has 5 amide bonds. The van der Waals surface area contributed by atoms with Crippen LogP contribution in [0.15, 0.2) is 60.3 Å². The molecule has 1 aliphatic rings. The van der Waals surface area contributed by atoms with Gasteiger partial charge in [-0.25, -0.2) is 9.69 Å². The van der Waals surface area contributed by atoms with Crippen LogP contribution < -0.4 is 15.5 Å².